The number of benzene rings is 2. The smallest absolute Gasteiger partial charge is 0.381 e. The highest BCUT2D eigenvalue weighted by molar-refractivity contribution is 5.47. The Balaban J connectivity index is 2.12. The average molecular weight is 287 g/mol. The Morgan fingerprint density at radius 3 is 2.15 bits per heavy atom. The Bertz CT molecular complexity index is 590. The van der Waals surface area contributed by atoms with E-state index in [1.54, 1.807) is 0 Å². The molecule has 0 aliphatic carbocycles. The highest BCUT2D eigenvalue weighted by Gasteiger charge is 2.34. The minimum absolute atomic E-state index is 0.142. The summed E-state index contributed by atoms with van der Waals surface area (Å²) in [4.78, 5) is 0. The summed E-state index contributed by atoms with van der Waals surface area (Å²) in [5.74, 6) is -1.71. The van der Waals surface area contributed by atoms with Crippen molar-refractivity contribution in [2.75, 3.05) is 5.32 Å². The predicted molar refractivity (Wildman–Crippen MR) is 65.1 cm³/mol. The maximum absolute atomic E-state index is 13.1. The van der Waals surface area contributed by atoms with Crippen molar-refractivity contribution >= 4 is 5.69 Å². The van der Waals surface area contributed by atoms with E-state index < -0.39 is 23.4 Å². The third-order valence-electron chi connectivity index (χ3n) is 2.68. The predicted octanol–water partition coefficient (Wildman–Crippen LogP) is 4.60. The summed E-state index contributed by atoms with van der Waals surface area (Å²) in [6.07, 6.45) is -4.74. The molecule has 0 bridgehead atoms. The maximum Gasteiger partial charge on any atom is 0.419 e. The highest BCUT2D eigenvalue weighted by atomic mass is 19.4. The Hall–Kier alpha value is -2.11. The van der Waals surface area contributed by atoms with Gasteiger partial charge in [-0.2, -0.15) is 13.2 Å². The van der Waals surface area contributed by atoms with Gasteiger partial charge in [-0.1, -0.05) is 12.1 Å². The van der Waals surface area contributed by atoms with Crippen molar-refractivity contribution in [3.63, 3.8) is 0 Å². The van der Waals surface area contributed by atoms with Crippen LogP contribution in [0.1, 0.15) is 11.1 Å². The van der Waals surface area contributed by atoms with Crippen LogP contribution in [0.5, 0.6) is 0 Å². The zero-order chi connectivity index (χ0) is 14.8. The molecule has 0 radical (unpaired) electrons. The summed E-state index contributed by atoms with van der Waals surface area (Å²) in [6, 6.07) is 8.21. The molecule has 2 rings (SSSR count). The normalized spacial score (nSPS) is 11.4. The number of nitrogens with one attached hydrogen (secondary N) is 1. The number of halogens is 5. The Morgan fingerprint density at radius 1 is 0.900 bits per heavy atom. The quantitative estimate of drug-likeness (QED) is 0.814. The fraction of sp³-hybridized carbons (Fsp3) is 0.143. The fourth-order valence-electron chi connectivity index (χ4n) is 1.66. The van der Waals surface area contributed by atoms with E-state index >= 15 is 0 Å². The number of hydrogen-bond acceptors (Lipinski definition) is 1. The van der Waals surface area contributed by atoms with E-state index in [9.17, 15) is 22.0 Å². The van der Waals surface area contributed by atoms with Gasteiger partial charge in [0.15, 0.2) is 0 Å². The van der Waals surface area contributed by atoms with Gasteiger partial charge in [0.2, 0.25) is 0 Å². The first kappa shape index (κ1) is 14.3. The van der Waals surface area contributed by atoms with Gasteiger partial charge in [-0.15, -0.1) is 0 Å². The molecule has 6 heteroatoms. The number of rotatable bonds is 3. The first-order valence-electron chi connectivity index (χ1n) is 5.71. The van der Waals surface area contributed by atoms with Crippen molar-refractivity contribution in [3.05, 3.63) is 65.2 Å². The van der Waals surface area contributed by atoms with Crippen LogP contribution in [-0.2, 0) is 12.7 Å². The van der Waals surface area contributed by atoms with Crippen LogP contribution in [-0.4, -0.2) is 0 Å². The molecule has 2 aromatic carbocycles. The van der Waals surface area contributed by atoms with Crippen LogP contribution in [0.25, 0.3) is 0 Å². The lowest BCUT2D eigenvalue weighted by Crippen LogP contribution is -2.09. The molecule has 0 aliphatic rings. The third kappa shape index (κ3) is 3.46. The van der Waals surface area contributed by atoms with Gasteiger partial charge >= 0.3 is 6.18 Å². The molecule has 0 atom stereocenters. The van der Waals surface area contributed by atoms with Crippen molar-refractivity contribution in [3.8, 4) is 0 Å². The van der Waals surface area contributed by atoms with Gasteiger partial charge in [0.25, 0.3) is 0 Å². The molecule has 0 saturated heterocycles. The summed E-state index contributed by atoms with van der Waals surface area (Å²) in [5, 5.41) is 2.73. The molecule has 0 spiro atoms. The Morgan fingerprint density at radius 2 is 1.55 bits per heavy atom. The lowest BCUT2D eigenvalue weighted by molar-refractivity contribution is -0.139. The summed E-state index contributed by atoms with van der Waals surface area (Å²) in [7, 11) is 0. The molecule has 1 N–H and O–H groups in total. The molecule has 0 saturated carbocycles. The van der Waals surface area contributed by atoms with Crippen LogP contribution in [0.4, 0.5) is 27.6 Å². The molecule has 0 unspecified atom stereocenters. The van der Waals surface area contributed by atoms with Gasteiger partial charge in [-0.25, -0.2) is 8.78 Å². The summed E-state index contributed by atoms with van der Waals surface area (Å²) < 4.78 is 63.4. The standard InChI is InChI=1S/C14H10F5N/c15-10-3-1-9(2-4-10)8-20-11-5-6-13(16)12(7-11)14(17,18)19/h1-7,20H,8H2. The van der Waals surface area contributed by atoms with Crippen LogP contribution in [0.15, 0.2) is 42.5 Å². The molecule has 0 amide bonds. The lowest BCUT2D eigenvalue weighted by atomic mass is 10.1. The van der Waals surface area contributed by atoms with Crippen molar-refractivity contribution < 1.29 is 22.0 Å². The van der Waals surface area contributed by atoms with Gasteiger partial charge in [-0.3, -0.25) is 0 Å². The van der Waals surface area contributed by atoms with Crippen molar-refractivity contribution in [2.24, 2.45) is 0 Å². The molecule has 0 heterocycles. The molecule has 0 fully saturated rings. The molecular weight excluding hydrogens is 277 g/mol. The number of anilines is 1. The molecule has 0 aromatic heterocycles. The van der Waals surface area contributed by atoms with E-state index in [1.165, 1.54) is 30.3 Å². The second-order valence-electron chi connectivity index (χ2n) is 4.17. The van der Waals surface area contributed by atoms with Crippen molar-refractivity contribution in [2.45, 2.75) is 12.7 Å². The van der Waals surface area contributed by atoms with Gasteiger partial charge in [0.05, 0.1) is 5.56 Å². The van der Waals surface area contributed by atoms with Crippen LogP contribution in [0.2, 0.25) is 0 Å². The van der Waals surface area contributed by atoms with Crippen LogP contribution in [0, 0.1) is 11.6 Å². The SMILES string of the molecule is Fc1ccc(CNc2ccc(F)c(C(F)(F)F)c2)cc1. The second-order valence-corrected chi connectivity index (χ2v) is 4.17. The first-order chi connectivity index (χ1) is 9.36. The minimum atomic E-state index is -4.74. The first-order valence-corrected chi connectivity index (χ1v) is 5.71. The van der Waals surface area contributed by atoms with E-state index in [1.807, 2.05) is 0 Å². The van der Waals surface area contributed by atoms with Gasteiger partial charge < -0.3 is 5.32 Å². The number of hydrogen-bond donors (Lipinski definition) is 1. The average Bonchev–Trinajstić information content (AvgIpc) is 2.38. The zero-order valence-electron chi connectivity index (χ0n) is 10.1. The zero-order valence-corrected chi connectivity index (χ0v) is 10.1. The van der Waals surface area contributed by atoms with E-state index in [0.29, 0.717) is 11.6 Å². The summed E-state index contributed by atoms with van der Waals surface area (Å²) in [5.41, 5.74) is -0.478. The molecule has 106 valence electrons. The van der Waals surface area contributed by atoms with Gasteiger partial charge in [-0.05, 0) is 35.9 Å². The van der Waals surface area contributed by atoms with E-state index in [4.69, 9.17) is 0 Å². The lowest BCUT2D eigenvalue weighted by Gasteiger charge is -2.11. The van der Waals surface area contributed by atoms with E-state index in [0.717, 1.165) is 6.07 Å². The Kier molecular flexibility index (Phi) is 3.92. The summed E-state index contributed by atoms with van der Waals surface area (Å²) >= 11 is 0. The minimum Gasteiger partial charge on any atom is -0.381 e. The van der Waals surface area contributed by atoms with Gasteiger partial charge in [0.1, 0.15) is 11.6 Å². The van der Waals surface area contributed by atoms with E-state index in [2.05, 4.69) is 5.32 Å². The van der Waals surface area contributed by atoms with Crippen LogP contribution < -0.4 is 5.32 Å². The second kappa shape index (κ2) is 5.48. The molecule has 0 aliphatic heterocycles. The van der Waals surface area contributed by atoms with Crippen LogP contribution >= 0.6 is 0 Å². The monoisotopic (exact) mass is 287 g/mol. The summed E-state index contributed by atoms with van der Waals surface area (Å²) in [6.45, 7) is 0.212. The molecular formula is C14H10F5N. The highest BCUT2D eigenvalue weighted by Crippen LogP contribution is 2.33. The fourth-order valence-corrected chi connectivity index (χ4v) is 1.66. The van der Waals surface area contributed by atoms with Crippen LogP contribution in [0.3, 0.4) is 0 Å². The van der Waals surface area contributed by atoms with Crippen molar-refractivity contribution in [1.29, 1.82) is 0 Å². The third-order valence-corrected chi connectivity index (χ3v) is 2.68. The molecule has 20 heavy (non-hydrogen) atoms. The Labute approximate surface area is 112 Å². The number of alkyl halides is 3. The van der Waals surface area contributed by atoms with Crippen molar-refractivity contribution in [1.82, 2.24) is 0 Å². The molecule has 2 aromatic rings. The maximum atomic E-state index is 13.1. The van der Waals surface area contributed by atoms with Gasteiger partial charge in [0, 0.05) is 12.2 Å². The molecule has 1 nitrogen and oxygen atoms in total. The largest absolute Gasteiger partial charge is 0.419 e. The van der Waals surface area contributed by atoms with E-state index in [-0.39, 0.29) is 12.2 Å². The topological polar surface area (TPSA) is 12.0 Å².